The molecule has 0 aliphatic heterocycles. The van der Waals surface area contributed by atoms with Gasteiger partial charge in [-0.15, -0.1) is 6.58 Å². The second-order valence-corrected chi connectivity index (χ2v) is 9.63. The first kappa shape index (κ1) is 15.1. The van der Waals surface area contributed by atoms with Crippen LogP contribution in [0.3, 0.4) is 0 Å². The number of ether oxygens (including phenoxy) is 1. The zero-order chi connectivity index (χ0) is 9.11. The molecular formula is C6H12CuI2O2. The third-order valence-electron chi connectivity index (χ3n) is 0.798. The van der Waals surface area contributed by atoms with E-state index >= 15 is 0 Å². The standard InChI is InChI=1S/C6H12O2.Cu.2HI/c1-3-4-6(7)5-8-2;;;/h3,6-7H,1,4-5H2,2H3;;2*1H/q;+2;;/p-2/t6-;;;/m1.../s1. The first-order chi connectivity index (χ1) is 5.22. The van der Waals surface area contributed by atoms with Crippen molar-refractivity contribution in [3.63, 3.8) is 0 Å². The maximum absolute atomic E-state index is 8.85. The van der Waals surface area contributed by atoms with Crippen LogP contribution in [0.2, 0.25) is 0 Å². The molecule has 0 amide bonds. The molecule has 0 radical (unpaired) electrons. The molecule has 0 aliphatic rings. The van der Waals surface area contributed by atoms with Gasteiger partial charge in [0.05, 0.1) is 12.7 Å². The van der Waals surface area contributed by atoms with Gasteiger partial charge in [-0.1, -0.05) is 6.08 Å². The third kappa shape index (κ3) is 18.5. The van der Waals surface area contributed by atoms with Crippen molar-refractivity contribution in [2.75, 3.05) is 13.7 Å². The molecule has 1 N–H and O–H groups in total. The minimum atomic E-state index is -0.377. The zero-order valence-electron chi connectivity index (χ0n) is 6.19. The van der Waals surface area contributed by atoms with Crippen molar-refractivity contribution in [2.45, 2.75) is 12.5 Å². The van der Waals surface area contributed by atoms with Crippen LogP contribution in [0, 0.1) is 0 Å². The van der Waals surface area contributed by atoms with Crippen molar-refractivity contribution in [3.05, 3.63) is 12.7 Å². The molecule has 0 aromatic rings. The Morgan fingerprint density at radius 3 is 2.45 bits per heavy atom. The van der Waals surface area contributed by atoms with Crippen LogP contribution in [0.5, 0.6) is 0 Å². The normalized spacial score (nSPS) is 11.6. The van der Waals surface area contributed by atoms with Crippen molar-refractivity contribution in [3.8, 4) is 0 Å². The van der Waals surface area contributed by atoms with Crippen LogP contribution in [0.1, 0.15) is 6.42 Å². The number of methoxy groups -OCH3 is 1. The van der Waals surface area contributed by atoms with Crippen LogP contribution in [0.4, 0.5) is 0 Å². The quantitative estimate of drug-likeness (QED) is 0.419. The molecule has 0 saturated heterocycles. The van der Waals surface area contributed by atoms with E-state index in [1.807, 2.05) is 0 Å². The van der Waals surface area contributed by atoms with Crippen LogP contribution in [0.25, 0.3) is 0 Å². The predicted molar refractivity (Wildman–Crippen MR) is 60.7 cm³/mol. The Morgan fingerprint density at radius 1 is 1.73 bits per heavy atom. The van der Waals surface area contributed by atoms with Gasteiger partial charge in [-0.25, -0.2) is 0 Å². The van der Waals surface area contributed by atoms with Gasteiger partial charge in [-0.05, 0) is 6.42 Å². The van der Waals surface area contributed by atoms with Crippen molar-refractivity contribution in [2.24, 2.45) is 0 Å². The van der Waals surface area contributed by atoms with Gasteiger partial charge >= 0.3 is 49.1 Å². The van der Waals surface area contributed by atoms with Crippen LogP contribution in [-0.4, -0.2) is 24.9 Å². The molecule has 2 nitrogen and oxygen atoms in total. The van der Waals surface area contributed by atoms with E-state index in [1.165, 1.54) is 0 Å². The fourth-order valence-corrected chi connectivity index (χ4v) is 0.453. The summed E-state index contributed by atoms with van der Waals surface area (Å²) in [5.74, 6) is 0. The van der Waals surface area contributed by atoms with Crippen molar-refractivity contribution in [1.82, 2.24) is 0 Å². The molecule has 1 atom stereocenters. The number of rotatable bonds is 4. The Kier molecular flexibility index (Phi) is 19.5. The van der Waals surface area contributed by atoms with Crippen molar-refractivity contribution >= 4 is 40.7 Å². The molecule has 0 saturated carbocycles. The average Bonchev–Trinajstić information content (AvgIpc) is 1.90. The van der Waals surface area contributed by atoms with E-state index in [2.05, 4.69) is 52.0 Å². The summed E-state index contributed by atoms with van der Waals surface area (Å²) >= 11 is 4.36. The van der Waals surface area contributed by atoms with Gasteiger partial charge in [-0.3, -0.25) is 0 Å². The molecule has 0 aromatic carbocycles. The van der Waals surface area contributed by atoms with Crippen molar-refractivity contribution < 1.29 is 18.3 Å². The molecule has 0 aromatic heterocycles. The summed E-state index contributed by atoms with van der Waals surface area (Å²) in [7, 11) is 3.31. The Bertz CT molecular complexity index is 83.0. The summed E-state index contributed by atoms with van der Waals surface area (Å²) in [5, 5.41) is 8.85. The molecule has 5 heteroatoms. The summed E-state index contributed by atoms with van der Waals surface area (Å²) in [6.07, 6.45) is 1.90. The van der Waals surface area contributed by atoms with Gasteiger partial charge in [-0.2, -0.15) is 0 Å². The van der Waals surface area contributed by atoms with E-state index in [1.54, 1.807) is 21.6 Å². The average molecular weight is 434 g/mol. The molecule has 73 valence electrons. The molecule has 0 heterocycles. The maximum atomic E-state index is 8.85. The summed E-state index contributed by atoms with van der Waals surface area (Å²) in [6.45, 7) is 3.86. The van der Waals surface area contributed by atoms with E-state index < -0.39 is 0 Å². The van der Waals surface area contributed by atoms with E-state index in [-0.39, 0.29) is 6.10 Å². The van der Waals surface area contributed by atoms with Gasteiger partial charge in [0.15, 0.2) is 0 Å². The van der Waals surface area contributed by atoms with Gasteiger partial charge < -0.3 is 9.84 Å². The van der Waals surface area contributed by atoms with Crippen LogP contribution >= 0.6 is 40.7 Å². The van der Waals surface area contributed by atoms with E-state index in [0.717, 1.165) is 0 Å². The van der Waals surface area contributed by atoms with Crippen LogP contribution < -0.4 is 0 Å². The van der Waals surface area contributed by atoms with Gasteiger partial charge in [0.2, 0.25) is 0 Å². The van der Waals surface area contributed by atoms with Gasteiger partial charge in [0.1, 0.15) is 0 Å². The SMILES string of the molecule is C=CC[C@@H](O)COC.[I][Cu][I]. The van der Waals surface area contributed by atoms with Gasteiger partial charge in [0.25, 0.3) is 0 Å². The Hall–Kier alpha value is 1.64. The molecule has 0 bridgehead atoms. The molecular weight excluding hydrogens is 421 g/mol. The topological polar surface area (TPSA) is 29.5 Å². The zero-order valence-corrected chi connectivity index (χ0v) is 11.4. The van der Waals surface area contributed by atoms with Crippen molar-refractivity contribution in [1.29, 1.82) is 0 Å². The van der Waals surface area contributed by atoms with Crippen LogP contribution in [0.15, 0.2) is 12.7 Å². The van der Waals surface area contributed by atoms with E-state index in [9.17, 15) is 0 Å². The Balaban J connectivity index is 0. The summed E-state index contributed by atoms with van der Waals surface area (Å²) in [6, 6.07) is 0. The molecule has 0 unspecified atom stereocenters. The predicted octanol–water partition coefficient (Wildman–Crippen LogP) is 2.34. The third-order valence-corrected chi connectivity index (χ3v) is 0.798. The molecule has 0 spiro atoms. The second-order valence-electron chi connectivity index (χ2n) is 1.68. The summed E-state index contributed by atoms with van der Waals surface area (Å²) in [4.78, 5) is 0. The first-order valence-electron chi connectivity index (χ1n) is 2.82. The number of hydrogen-bond acceptors (Lipinski definition) is 2. The number of hydrogen-bond donors (Lipinski definition) is 1. The molecule has 11 heavy (non-hydrogen) atoms. The first-order valence-corrected chi connectivity index (χ1v) is 8.89. The second kappa shape index (κ2) is 14.2. The molecule has 0 aliphatic carbocycles. The summed E-state index contributed by atoms with van der Waals surface area (Å²) in [5.41, 5.74) is 0. The minimum absolute atomic E-state index is 0.377. The van der Waals surface area contributed by atoms with Crippen LogP contribution in [-0.2, 0) is 13.2 Å². The monoisotopic (exact) mass is 433 g/mol. The molecule has 0 rings (SSSR count). The fraction of sp³-hybridized carbons (Fsp3) is 0.667. The Labute approximate surface area is 96.8 Å². The molecule has 0 fully saturated rings. The number of aliphatic hydroxyl groups excluding tert-OH is 1. The Morgan fingerprint density at radius 2 is 2.18 bits per heavy atom. The fourth-order valence-electron chi connectivity index (χ4n) is 0.453. The van der Waals surface area contributed by atoms with E-state index in [4.69, 9.17) is 5.11 Å². The number of halogens is 2. The van der Waals surface area contributed by atoms with Gasteiger partial charge in [0, 0.05) is 7.11 Å². The summed E-state index contributed by atoms with van der Waals surface area (Å²) < 4.78 is 4.66. The number of aliphatic hydroxyl groups is 1. The van der Waals surface area contributed by atoms with E-state index in [0.29, 0.717) is 13.0 Å².